The molecule has 16 heteroatoms. The van der Waals surface area contributed by atoms with Crippen LogP contribution in [0, 0.1) is 5.92 Å². The minimum Gasteiger partial charge on any atom is -0.393 e. The SMILES string of the molecule is [B]C([B])(c1cccc(C(=O)N(C)C2CC2)n1)N1CC(n2ncc3c2CN(C)c2c(NC(/C=C(\N)NC(=O)C4CC4)=C(/N)C(=O)NC4CC4)cccc2-3)C1. The number of benzene rings is 1. The van der Waals surface area contributed by atoms with Gasteiger partial charge in [0.2, 0.25) is 5.91 Å². The summed E-state index contributed by atoms with van der Waals surface area (Å²) >= 11 is 0. The smallest absolute Gasteiger partial charge is 0.272 e. The van der Waals surface area contributed by atoms with E-state index in [9.17, 15) is 14.4 Å². The number of fused-ring (bicyclic) bond motifs is 3. The fourth-order valence-corrected chi connectivity index (χ4v) is 7.04. The first-order chi connectivity index (χ1) is 25.4. The van der Waals surface area contributed by atoms with E-state index < -0.39 is 11.2 Å². The Kier molecular flexibility index (Phi) is 8.75. The lowest BCUT2D eigenvalue weighted by Crippen LogP contribution is -2.60. The zero-order valence-corrected chi connectivity index (χ0v) is 30.0. The highest BCUT2D eigenvalue weighted by atomic mass is 16.2. The zero-order chi connectivity index (χ0) is 37.2. The number of hydrogen-bond acceptors (Lipinski definition) is 10. The first kappa shape index (κ1) is 34.8. The van der Waals surface area contributed by atoms with Crippen LogP contribution in [0.1, 0.15) is 66.4 Å². The summed E-state index contributed by atoms with van der Waals surface area (Å²) in [5.74, 6) is -0.622. The van der Waals surface area contributed by atoms with Crippen LogP contribution in [0.25, 0.3) is 11.1 Å². The van der Waals surface area contributed by atoms with Gasteiger partial charge in [-0.25, -0.2) is 4.98 Å². The third-order valence-electron chi connectivity index (χ3n) is 10.8. The number of nitrogens with one attached hydrogen (secondary N) is 3. The molecule has 270 valence electrons. The average Bonchev–Trinajstić information content (AvgIpc) is 3.97. The van der Waals surface area contributed by atoms with E-state index in [4.69, 9.17) is 32.3 Å². The summed E-state index contributed by atoms with van der Waals surface area (Å²) in [6.07, 6.45) is 8.88. The first-order valence-corrected chi connectivity index (χ1v) is 18.2. The fourth-order valence-electron chi connectivity index (χ4n) is 7.04. The number of para-hydroxylation sites is 1. The van der Waals surface area contributed by atoms with Gasteiger partial charge in [-0.3, -0.25) is 19.1 Å². The van der Waals surface area contributed by atoms with Crippen molar-refractivity contribution in [3.05, 3.63) is 83.0 Å². The summed E-state index contributed by atoms with van der Waals surface area (Å²) in [6.45, 7) is 1.64. The van der Waals surface area contributed by atoms with Crippen molar-refractivity contribution in [1.29, 1.82) is 0 Å². The molecule has 3 aromatic rings. The van der Waals surface area contributed by atoms with E-state index in [0.717, 1.165) is 61.0 Å². The molecule has 0 atom stereocenters. The van der Waals surface area contributed by atoms with E-state index in [1.165, 1.54) is 6.08 Å². The molecule has 0 spiro atoms. The van der Waals surface area contributed by atoms with Crippen molar-refractivity contribution < 1.29 is 14.4 Å². The molecule has 4 fully saturated rings. The number of pyridine rings is 1. The minimum absolute atomic E-state index is 0.0190. The monoisotopic (exact) mass is 711 g/mol. The van der Waals surface area contributed by atoms with Gasteiger partial charge in [0.05, 0.1) is 57.2 Å². The molecule has 4 heterocycles. The summed E-state index contributed by atoms with van der Waals surface area (Å²) in [7, 11) is 17.2. The van der Waals surface area contributed by atoms with E-state index in [-0.39, 0.29) is 53.1 Å². The van der Waals surface area contributed by atoms with Crippen LogP contribution >= 0.6 is 0 Å². The molecule has 5 aliphatic rings. The topological polar surface area (TPSA) is 180 Å². The molecule has 1 aromatic carbocycles. The molecule has 0 bridgehead atoms. The van der Waals surface area contributed by atoms with Crippen molar-refractivity contribution in [3.8, 4) is 11.1 Å². The Hall–Kier alpha value is -5.24. The number of aromatic nitrogens is 3. The molecule has 2 aliphatic heterocycles. The van der Waals surface area contributed by atoms with Crippen LogP contribution in [-0.2, 0) is 21.5 Å². The van der Waals surface area contributed by atoms with Crippen LogP contribution in [0.3, 0.4) is 0 Å². The zero-order valence-electron chi connectivity index (χ0n) is 30.0. The number of carbonyl (C=O) groups is 3. The van der Waals surface area contributed by atoms with Gasteiger partial charge in [0.25, 0.3) is 11.8 Å². The average molecular weight is 711 g/mol. The molecular formula is C37H43B2N11O3. The number of nitrogens with zero attached hydrogens (tertiary/aromatic N) is 6. The van der Waals surface area contributed by atoms with Crippen molar-refractivity contribution in [2.45, 2.75) is 68.5 Å². The highest BCUT2D eigenvalue weighted by molar-refractivity contribution is 6.39. The minimum atomic E-state index is -1.37. The quantitative estimate of drug-likeness (QED) is 0.105. The molecule has 14 nitrogen and oxygen atoms in total. The Bertz CT molecular complexity index is 2040. The van der Waals surface area contributed by atoms with Crippen LogP contribution in [0.5, 0.6) is 0 Å². The van der Waals surface area contributed by atoms with Gasteiger partial charge in [0.15, 0.2) is 0 Å². The summed E-state index contributed by atoms with van der Waals surface area (Å²) in [6, 6.07) is 11.5. The van der Waals surface area contributed by atoms with Gasteiger partial charge in [-0.05, 0) is 62.1 Å². The van der Waals surface area contributed by atoms with E-state index in [2.05, 4.69) is 25.8 Å². The number of nitrogens with two attached hydrogens (primary N) is 2. The lowest BCUT2D eigenvalue weighted by Gasteiger charge is -2.50. The maximum atomic E-state index is 13.1. The second-order valence-electron chi connectivity index (χ2n) is 15.0. The van der Waals surface area contributed by atoms with Crippen molar-refractivity contribution in [2.24, 2.45) is 17.4 Å². The summed E-state index contributed by atoms with van der Waals surface area (Å²) < 4.78 is 2.04. The number of anilines is 2. The number of hydrogen-bond donors (Lipinski definition) is 5. The largest absolute Gasteiger partial charge is 0.393 e. The van der Waals surface area contributed by atoms with Gasteiger partial charge >= 0.3 is 0 Å². The van der Waals surface area contributed by atoms with E-state index >= 15 is 0 Å². The van der Waals surface area contributed by atoms with Crippen LogP contribution in [0.2, 0.25) is 0 Å². The summed E-state index contributed by atoms with van der Waals surface area (Å²) in [5, 5.41) is 12.5. The predicted molar refractivity (Wildman–Crippen MR) is 202 cm³/mol. The number of likely N-dealkylation sites (tertiary alicyclic amines) is 1. The predicted octanol–water partition coefficient (Wildman–Crippen LogP) is 1.32. The highest BCUT2D eigenvalue weighted by Crippen LogP contribution is 2.45. The van der Waals surface area contributed by atoms with Crippen LogP contribution in [0.4, 0.5) is 11.4 Å². The first-order valence-electron chi connectivity index (χ1n) is 18.2. The Morgan fingerprint density at radius 2 is 1.74 bits per heavy atom. The van der Waals surface area contributed by atoms with Crippen molar-refractivity contribution in [1.82, 2.24) is 35.2 Å². The summed E-state index contributed by atoms with van der Waals surface area (Å²) in [5.41, 5.74) is 18.3. The van der Waals surface area contributed by atoms with Gasteiger partial charge in [0, 0.05) is 68.1 Å². The maximum absolute atomic E-state index is 13.1. The normalized spacial score (nSPS) is 19.4. The third kappa shape index (κ3) is 6.87. The van der Waals surface area contributed by atoms with Crippen molar-refractivity contribution in [2.75, 3.05) is 37.4 Å². The highest BCUT2D eigenvalue weighted by Gasteiger charge is 2.42. The van der Waals surface area contributed by atoms with Crippen LogP contribution in [0.15, 0.2) is 65.9 Å². The van der Waals surface area contributed by atoms with Gasteiger partial charge in [-0.1, -0.05) is 18.2 Å². The van der Waals surface area contributed by atoms with Gasteiger partial charge in [0.1, 0.15) is 17.2 Å². The molecule has 4 radical (unpaired) electrons. The van der Waals surface area contributed by atoms with Crippen LogP contribution < -0.4 is 32.3 Å². The molecule has 3 aliphatic carbocycles. The Balaban J connectivity index is 1.01. The number of amides is 3. The maximum Gasteiger partial charge on any atom is 0.272 e. The Morgan fingerprint density at radius 3 is 2.43 bits per heavy atom. The van der Waals surface area contributed by atoms with Crippen molar-refractivity contribution in [3.63, 3.8) is 0 Å². The van der Waals surface area contributed by atoms with Gasteiger partial charge in [-0.15, -0.1) is 0 Å². The second-order valence-corrected chi connectivity index (χ2v) is 15.0. The summed E-state index contributed by atoms with van der Waals surface area (Å²) in [4.78, 5) is 48.9. The number of allylic oxidation sites excluding steroid dienone is 1. The van der Waals surface area contributed by atoms with Gasteiger partial charge in [-0.2, -0.15) is 5.10 Å². The molecule has 0 unspecified atom stereocenters. The molecule has 7 N–H and O–H groups in total. The fraction of sp³-hybridized carbons (Fsp3) is 0.432. The molecular weight excluding hydrogens is 668 g/mol. The van der Waals surface area contributed by atoms with E-state index in [1.54, 1.807) is 30.1 Å². The third-order valence-corrected chi connectivity index (χ3v) is 10.8. The number of rotatable bonds is 12. The Labute approximate surface area is 311 Å². The molecule has 3 amide bonds. The standard InChI is InChI=1S/C37H43B2N11O3/c1-47-19-29-25(16-42-50(29)23-17-49(18-23)37(38,39)30-8-4-7-27(45-30)36(53)48(2)22-13-14-22)24-5-3-6-26(33(24)47)44-28(32(41)35(52)43-21-11-12-21)15-31(40)46-34(51)20-9-10-20/h3-8,15-16,20-23,44H,9-14,17-19,40-41H2,1-2H3,(H,43,52)(H,46,51)/b31-15+,32-28+. The number of carbonyl (C=O) groups excluding carboxylic acids is 3. The van der Waals surface area contributed by atoms with Crippen molar-refractivity contribution >= 4 is 44.8 Å². The molecule has 8 rings (SSSR count). The molecule has 1 saturated heterocycles. The lowest BCUT2D eigenvalue weighted by molar-refractivity contribution is -0.121. The molecule has 3 saturated carbocycles. The molecule has 2 aromatic heterocycles. The lowest BCUT2D eigenvalue weighted by atomic mass is 9.57. The van der Waals surface area contributed by atoms with Gasteiger partial charge < -0.3 is 42.1 Å². The van der Waals surface area contributed by atoms with Crippen LogP contribution in [-0.4, -0.2) is 97.2 Å². The van der Waals surface area contributed by atoms with E-state index in [1.807, 2.05) is 41.0 Å². The molecule has 53 heavy (non-hydrogen) atoms. The Morgan fingerprint density at radius 1 is 1.00 bits per heavy atom. The second kappa shape index (κ2) is 13.3. The van der Waals surface area contributed by atoms with E-state index in [0.29, 0.717) is 36.7 Å².